The fraction of sp³-hybridized carbons (Fsp3) is 0.0476. The van der Waals surface area contributed by atoms with Gasteiger partial charge >= 0.3 is 11.9 Å². The monoisotopic (exact) mass is 364 g/mol. The standard InChI is InChI=1S/C21H17O4P/c1-14-10-11-16(21(24)25)13-19(14)26(17-7-3-2-4-8-17)18-9-5-6-15(12-18)20(22)23/h2-13H,1H3,(H,22,23)(H,24,25). The highest BCUT2D eigenvalue weighted by Gasteiger charge is 2.21. The van der Waals surface area contributed by atoms with E-state index in [1.165, 1.54) is 0 Å². The van der Waals surface area contributed by atoms with Gasteiger partial charge < -0.3 is 10.2 Å². The average Bonchev–Trinajstić information content (AvgIpc) is 2.64. The largest absolute Gasteiger partial charge is 0.478 e. The van der Waals surface area contributed by atoms with Crippen molar-refractivity contribution < 1.29 is 19.8 Å². The van der Waals surface area contributed by atoms with Gasteiger partial charge in [0, 0.05) is 0 Å². The van der Waals surface area contributed by atoms with Gasteiger partial charge in [0.15, 0.2) is 0 Å². The van der Waals surface area contributed by atoms with Gasteiger partial charge in [-0.1, -0.05) is 48.5 Å². The van der Waals surface area contributed by atoms with Crippen molar-refractivity contribution in [1.29, 1.82) is 0 Å². The van der Waals surface area contributed by atoms with Crippen LogP contribution in [0.1, 0.15) is 26.3 Å². The smallest absolute Gasteiger partial charge is 0.335 e. The summed E-state index contributed by atoms with van der Waals surface area (Å²) < 4.78 is 0. The minimum atomic E-state index is -1.08. The predicted molar refractivity (Wildman–Crippen MR) is 104 cm³/mol. The van der Waals surface area contributed by atoms with E-state index < -0.39 is 19.9 Å². The summed E-state index contributed by atoms with van der Waals surface area (Å²) >= 11 is 0. The molecule has 0 spiro atoms. The van der Waals surface area contributed by atoms with Crippen molar-refractivity contribution >= 4 is 35.8 Å². The number of hydrogen-bond donors (Lipinski definition) is 2. The third-order valence-corrected chi connectivity index (χ3v) is 6.64. The Hall–Kier alpha value is -2.97. The molecule has 0 saturated carbocycles. The molecule has 2 N–H and O–H groups in total. The van der Waals surface area contributed by atoms with E-state index in [0.29, 0.717) is 0 Å². The van der Waals surface area contributed by atoms with E-state index in [9.17, 15) is 19.8 Å². The maximum atomic E-state index is 11.4. The summed E-state index contributed by atoms with van der Waals surface area (Å²) in [4.78, 5) is 22.8. The summed E-state index contributed by atoms with van der Waals surface area (Å²) in [5.74, 6) is -1.96. The predicted octanol–water partition coefficient (Wildman–Crippen LogP) is 3.15. The van der Waals surface area contributed by atoms with Gasteiger partial charge in [-0.05, 0) is 60.6 Å². The normalized spacial score (nSPS) is 11.7. The van der Waals surface area contributed by atoms with Gasteiger partial charge in [0.2, 0.25) is 0 Å². The van der Waals surface area contributed by atoms with Crippen molar-refractivity contribution in [3.8, 4) is 0 Å². The zero-order chi connectivity index (χ0) is 18.7. The molecule has 0 fully saturated rings. The van der Waals surface area contributed by atoms with E-state index >= 15 is 0 Å². The number of carbonyl (C=O) groups is 2. The minimum absolute atomic E-state index is 0.220. The van der Waals surface area contributed by atoms with Crippen molar-refractivity contribution in [2.75, 3.05) is 0 Å². The fourth-order valence-electron chi connectivity index (χ4n) is 2.77. The molecule has 0 aliphatic carbocycles. The Morgan fingerprint density at radius 1 is 0.731 bits per heavy atom. The van der Waals surface area contributed by atoms with Gasteiger partial charge in [0.1, 0.15) is 0 Å². The molecular formula is C21H17O4P. The Morgan fingerprint density at radius 3 is 2.00 bits per heavy atom. The molecule has 130 valence electrons. The Bertz CT molecular complexity index is 967. The van der Waals surface area contributed by atoms with Gasteiger partial charge in [-0.2, -0.15) is 0 Å². The maximum Gasteiger partial charge on any atom is 0.335 e. The molecule has 0 heterocycles. The highest BCUT2D eigenvalue weighted by molar-refractivity contribution is 7.79. The molecule has 0 bridgehead atoms. The van der Waals surface area contributed by atoms with Crippen LogP contribution in [-0.4, -0.2) is 22.2 Å². The first kappa shape index (κ1) is 17.8. The Labute approximate surface area is 152 Å². The summed E-state index contributed by atoms with van der Waals surface area (Å²) in [6.45, 7) is 1.94. The number of aromatic carboxylic acids is 2. The molecule has 0 radical (unpaired) electrons. The van der Waals surface area contributed by atoms with Crippen LogP contribution in [0.3, 0.4) is 0 Å². The van der Waals surface area contributed by atoms with Crippen molar-refractivity contribution in [3.05, 3.63) is 89.5 Å². The van der Waals surface area contributed by atoms with Gasteiger partial charge in [0.05, 0.1) is 11.1 Å². The summed E-state index contributed by atoms with van der Waals surface area (Å²) in [5, 5.41) is 21.5. The lowest BCUT2D eigenvalue weighted by molar-refractivity contribution is 0.0686. The second kappa shape index (κ2) is 7.51. The lowest BCUT2D eigenvalue weighted by atomic mass is 10.1. The van der Waals surface area contributed by atoms with E-state index in [2.05, 4.69) is 0 Å². The van der Waals surface area contributed by atoms with Crippen molar-refractivity contribution in [2.24, 2.45) is 0 Å². The lowest BCUT2D eigenvalue weighted by Crippen LogP contribution is -2.24. The van der Waals surface area contributed by atoms with Crippen LogP contribution < -0.4 is 15.9 Å². The summed E-state index contributed by atoms with van der Waals surface area (Å²) in [7, 11) is -1.08. The zero-order valence-electron chi connectivity index (χ0n) is 14.1. The molecule has 3 rings (SSSR count). The SMILES string of the molecule is Cc1ccc(C(=O)O)cc1P(c1ccccc1)c1cccc(C(=O)O)c1. The molecule has 4 nitrogen and oxygen atoms in total. The second-order valence-corrected chi connectivity index (χ2v) is 8.02. The molecule has 0 saturated heterocycles. The van der Waals surface area contributed by atoms with Crippen molar-refractivity contribution in [3.63, 3.8) is 0 Å². The van der Waals surface area contributed by atoms with E-state index in [1.807, 2.05) is 43.3 Å². The van der Waals surface area contributed by atoms with Crippen LogP contribution in [0, 0.1) is 6.92 Å². The van der Waals surface area contributed by atoms with Gasteiger partial charge in [-0.25, -0.2) is 9.59 Å². The maximum absolute atomic E-state index is 11.4. The van der Waals surface area contributed by atoms with Crippen molar-refractivity contribution in [1.82, 2.24) is 0 Å². The Morgan fingerprint density at radius 2 is 1.35 bits per heavy atom. The van der Waals surface area contributed by atoms with Crippen LogP contribution in [0.15, 0.2) is 72.8 Å². The molecule has 1 atom stereocenters. The molecule has 0 aliphatic heterocycles. The summed E-state index contributed by atoms with van der Waals surface area (Å²) in [6, 6.07) is 21.7. The van der Waals surface area contributed by atoms with E-state index in [0.717, 1.165) is 21.5 Å². The molecule has 3 aromatic rings. The number of rotatable bonds is 5. The van der Waals surface area contributed by atoms with E-state index in [1.54, 1.807) is 36.4 Å². The number of carboxylic acid groups (broad SMARTS) is 2. The first-order valence-electron chi connectivity index (χ1n) is 8.00. The first-order chi connectivity index (χ1) is 12.5. The fourth-order valence-corrected chi connectivity index (χ4v) is 5.29. The molecule has 5 heteroatoms. The van der Waals surface area contributed by atoms with Crippen LogP contribution in [0.4, 0.5) is 0 Å². The first-order valence-corrected chi connectivity index (χ1v) is 9.34. The molecule has 0 aromatic heterocycles. The van der Waals surface area contributed by atoms with E-state index in [4.69, 9.17) is 0 Å². The van der Waals surface area contributed by atoms with Crippen LogP contribution in [-0.2, 0) is 0 Å². The Balaban J connectivity index is 2.24. The molecule has 0 aliphatic rings. The number of carboxylic acids is 2. The van der Waals surface area contributed by atoms with Crippen LogP contribution in [0.2, 0.25) is 0 Å². The Kier molecular flexibility index (Phi) is 5.15. The highest BCUT2D eigenvalue weighted by Crippen LogP contribution is 2.34. The number of aryl methyl sites for hydroxylation is 1. The number of hydrogen-bond acceptors (Lipinski definition) is 2. The molecule has 26 heavy (non-hydrogen) atoms. The zero-order valence-corrected chi connectivity index (χ0v) is 15.0. The minimum Gasteiger partial charge on any atom is -0.478 e. The van der Waals surface area contributed by atoms with Gasteiger partial charge in [0.25, 0.3) is 0 Å². The summed E-state index contributed by atoms with van der Waals surface area (Å²) in [5.41, 5.74) is 1.42. The lowest BCUT2D eigenvalue weighted by Gasteiger charge is -2.22. The molecule has 0 amide bonds. The topological polar surface area (TPSA) is 74.6 Å². The van der Waals surface area contributed by atoms with Crippen LogP contribution >= 0.6 is 7.92 Å². The average molecular weight is 364 g/mol. The van der Waals surface area contributed by atoms with Crippen molar-refractivity contribution in [2.45, 2.75) is 6.92 Å². The van der Waals surface area contributed by atoms with Crippen LogP contribution in [0.5, 0.6) is 0 Å². The second-order valence-electron chi connectivity index (χ2n) is 5.83. The van der Waals surface area contributed by atoms with Gasteiger partial charge in [-0.15, -0.1) is 0 Å². The third-order valence-electron chi connectivity index (χ3n) is 4.06. The third kappa shape index (κ3) is 3.66. The quantitative estimate of drug-likeness (QED) is 0.682. The van der Waals surface area contributed by atoms with E-state index in [-0.39, 0.29) is 11.1 Å². The number of benzene rings is 3. The molecule has 1 unspecified atom stereocenters. The highest BCUT2D eigenvalue weighted by atomic mass is 31.1. The molecular weight excluding hydrogens is 347 g/mol. The van der Waals surface area contributed by atoms with Gasteiger partial charge in [-0.3, -0.25) is 0 Å². The van der Waals surface area contributed by atoms with Crippen LogP contribution in [0.25, 0.3) is 0 Å². The molecule has 3 aromatic carbocycles. The summed E-state index contributed by atoms with van der Waals surface area (Å²) in [6.07, 6.45) is 0.